The first-order chi connectivity index (χ1) is 12.0. The van der Waals surface area contributed by atoms with Gasteiger partial charge in [0.2, 0.25) is 5.91 Å². The van der Waals surface area contributed by atoms with Crippen LogP contribution >= 0.6 is 0 Å². The standard InChI is InChI=1S/C18H27N3O4/c1-4-25-18(23)20-16(13(2)3)17(22)19-14-5-7-15(8-6-14)21-9-11-24-12-10-21/h5-8,13,16H,4,9-12H2,1-3H3,(H,19,22)(H,20,23). The van der Waals surface area contributed by atoms with Crippen molar-refractivity contribution in [1.29, 1.82) is 0 Å². The van der Waals surface area contributed by atoms with Crippen LogP contribution in [-0.2, 0) is 14.3 Å². The predicted molar refractivity (Wildman–Crippen MR) is 96.9 cm³/mol. The van der Waals surface area contributed by atoms with Gasteiger partial charge in [-0.15, -0.1) is 0 Å². The third-order valence-corrected chi connectivity index (χ3v) is 4.01. The van der Waals surface area contributed by atoms with Crippen LogP contribution in [0.25, 0.3) is 0 Å². The second kappa shape index (κ2) is 9.27. The van der Waals surface area contributed by atoms with Gasteiger partial charge in [-0.05, 0) is 37.1 Å². The quantitative estimate of drug-likeness (QED) is 0.823. The van der Waals surface area contributed by atoms with E-state index in [1.165, 1.54) is 0 Å². The summed E-state index contributed by atoms with van der Waals surface area (Å²) in [6.45, 7) is 8.93. The maximum absolute atomic E-state index is 12.5. The first-order valence-electron chi connectivity index (χ1n) is 8.68. The van der Waals surface area contributed by atoms with Crippen molar-refractivity contribution in [2.75, 3.05) is 43.1 Å². The van der Waals surface area contributed by atoms with E-state index in [4.69, 9.17) is 9.47 Å². The summed E-state index contributed by atoms with van der Waals surface area (Å²) >= 11 is 0. The molecule has 1 saturated heterocycles. The van der Waals surface area contributed by atoms with E-state index in [0.29, 0.717) is 5.69 Å². The first-order valence-corrected chi connectivity index (χ1v) is 8.68. The molecule has 1 fully saturated rings. The molecule has 7 heteroatoms. The number of hydrogen-bond acceptors (Lipinski definition) is 5. The number of anilines is 2. The number of nitrogens with zero attached hydrogens (tertiary/aromatic N) is 1. The number of alkyl carbamates (subject to hydrolysis) is 1. The highest BCUT2D eigenvalue weighted by Crippen LogP contribution is 2.19. The molecule has 25 heavy (non-hydrogen) atoms. The molecule has 1 heterocycles. The summed E-state index contributed by atoms with van der Waals surface area (Å²) in [5, 5.41) is 5.45. The molecule has 1 aromatic carbocycles. The predicted octanol–water partition coefficient (Wildman–Crippen LogP) is 2.23. The molecule has 1 atom stereocenters. The number of rotatable bonds is 6. The average molecular weight is 349 g/mol. The van der Waals surface area contributed by atoms with Crippen molar-refractivity contribution < 1.29 is 19.1 Å². The summed E-state index contributed by atoms with van der Waals surface area (Å²) in [5.74, 6) is -0.320. The zero-order chi connectivity index (χ0) is 18.2. The number of nitrogens with one attached hydrogen (secondary N) is 2. The van der Waals surface area contributed by atoms with E-state index < -0.39 is 12.1 Å². The largest absolute Gasteiger partial charge is 0.450 e. The van der Waals surface area contributed by atoms with Gasteiger partial charge < -0.3 is 25.0 Å². The van der Waals surface area contributed by atoms with E-state index in [1.54, 1.807) is 6.92 Å². The summed E-state index contributed by atoms with van der Waals surface area (Å²) in [6.07, 6.45) is -0.584. The normalized spacial score (nSPS) is 15.6. The Kier molecular flexibility index (Phi) is 7.06. The van der Waals surface area contributed by atoms with Crippen molar-refractivity contribution in [3.63, 3.8) is 0 Å². The van der Waals surface area contributed by atoms with E-state index in [-0.39, 0.29) is 18.4 Å². The van der Waals surface area contributed by atoms with Gasteiger partial charge in [-0.3, -0.25) is 4.79 Å². The second-order valence-electron chi connectivity index (χ2n) is 6.22. The van der Waals surface area contributed by atoms with Crippen molar-refractivity contribution in [2.24, 2.45) is 5.92 Å². The minimum atomic E-state index is -0.655. The minimum Gasteiger partial charge on any atom is -0.450 e. The number of carbonyl (C=O) groups excluding carboxylic acids is 2. The van der Waals surface area contributed by atoms with E-state index in [0.717, 1.165) is 32.0 Å². The first kappa shape index (κ1) is 19.1. The molecule has 1 aliphatic rings. The Bertz CT molecular complexity index is 568. The smallest absolute Gasteiger partial charge is 0.407 e. The van der Waals surface area contributed by atoms with Crippen molar-refractivity contribution in [3.05, 3.63) is 24.3 Å². The molecule has 2 rings (SSSR count). The second-order valence-corrected chi connectivity index (χ2v) is 6.22. The fourth-order valence-electron chi connectivity index (χ4n) is 2.63. The molecule has 0 aromatic heterocycles. The van der Waals surface area contributed by atoms with Crippen LogP contribution in [0, 0.1) is 5.92 Å². The molecular weight excluding hydrogens is 322 g/mol. The lowest BCUT2D eigenvalue weighted by Crippen LogP contribution is -2.47. The Balaban J connectivity index is 1.96. The topological polar surface area (TPSA) is 79.9 Å². The highest BCUT2D eigenvalue weighted by Gasteiger charge is 2.24. The fourth-order valence-corrected chi connectivity index (χ4v) is 2.63. The van der Waals surface area contributed by atoms with Gasteiger partial charge in [0.1, 0.15) is 6.04 Å². The van der Waals surface area contributed by atoms with E-state index in [1.807, 2.05) is 38.1 Å². The van der Waals surface area contributed by atoms with Crippen LogP contribution in [0.4, 0.5) is 16.2 Å². The van der Waals surface area contributed by atoms with Gasteiger partial charge in [-0.2, -0.15) is 0 Å². The Hall–Kier alpha value is -2.28. The molecule has 1 aliphatic heterocycles. The molecule has 138 valence electrons. The summed E-state index contributed by atoms with van der Waals surface area (Å²) < 4.78 is 10.2. The van der Waals surface area contributed by atoms with Gasteiger partial charge in [0.25, 0.3) is 0 Å². The molecule has 0 radical (unpaired) electrons. The molecule has 0 aliphatic carbocycles. The SMILES string of the molecule is CCOC(=O)NC(C(=O)Nc1ccc(N2CCOCC2)cc1)C(C)C. The molecule has 0 bridgehead atoms. The van der Waals surface area contributed by atoms with Gasteiger partial charge in [0, 0.05) is 24.5 Å². The van der Waals surface area contributed by atoms with Crippen molar-refractivity contribution in [2.45, 2.75) is 26.8 Å². The zero-order valence-electron chi connectivity index (χ0n) is 15.1. The van der Waals surface area contributed by atoms with Crippen LogP contribution in [0.1, 0.15) is 20.8 Å². The maximum Gasteiger partial charge on any atom is 0.407 e. The molecule has 2 N–H and O–H groups in total. The summed E-state index contributed by atoms with van der Waals surface area (Å²) in [4.78, 5) is 26.3. The van der Waals surface area contributed by atoms with Crippen LogP contribution < -0.4 is 15.5 Å². The van der Waals surface area contributed by atoms with Crippen molar-refractivity contribution in [1.82, 2.24) is 5.32 Å². The minimum absolute atomic E-state index is 0.0583. The number of ether oxygens (including phenoxy) is 2. The average Bonchev–Trinajstić information content (AvgIpc) is 2.61. The van der Waals surface area contributed by atoms with Gasteiger partial charge in [0.05, 0.1) is 19.8 Å². The molecule has 0 saturated carbocycles. The number of hydrogen-bond donors (Lipinski definition) is 2. The summed E-state index contributed by atoms with van der Waals surface area (Å²) in [7, 11) is 0. The highest BCUT2D eigenvalue weighted by molar-refractivity contribution is 5.96. The Morgan fingerprint density at radius 2 is 1.84 bits per heavy atom. The third kappa shape index (κ3) is 5.63. The van der Waals surface area contributed by atoms with Crippen molar-refractivity contribution >= 4 is 23.4 Å². The lowest BCUT2D eigenvalue weighted by molar-refractivity contribution is -0.119. The Morgan fingerprint density at radius 1 is 1.20 bits per heavy atom. The monoisotopic (exact) mass is 349 g/mol. The fraction of sp³-hybridized carbons (Fsp3) is 0.556. The van der Waals surface area contributed by atoms with E-state index in [2.05, 4.69) is 15.5 Å². The summed E-state index contributed by atoms with van der Waals surface area (Å²) in [6, 6.07) is 7.03. The molecule has 1 unspecified atom stereocenters. The lowest BCUT2D eigenvalue weighted by Gasteiger charge is -2.29. The zero-order valence-corrected chi connectivity index (χ0v) is 15.1. The Morgan fingerprint density at radius 3 is 2.40 bits per heavy atom. The maximum atomic E-state index is 12.5. The van der Waals surface area contributed by atoms with E-state index in [9.17, 15) is 9.59 Å². The van der Waals surface area contributed by atoms with Gasteiger partial charge in [-0.1, -0.05) is 13.8 Å². The highest BCUT2D eigenvalue weighted by atomic mass is 16.5. The summed E-state index contributed by atoms with van der Waals surface area (Å²) in [5.41, 5.74) is 1.80. The van der Waals surface area contributed by atoms with Crippen LogP contribution in [0.15, 0.2) is 24.3 Å². The van der Waals surface area contributed by atoms with Crippen LogP contribution in [0.2, 0.25) is 0 Å². The van der Waals surface area contributed by atoms with Crippen LogP contribution in [-0.4, -0.2) is 51.0 Å². The molecule has 2 amide bonds. The molecule has 0 spiro atoms. The van der Waals surface area contributed by atoms with Crippen molar-refractivity contribution in [3.8, 4) is 0 Å². The van der Waals surface area contributed by atoms with E-state index >= 15 is 0 Å². The number of carbonyl (C=O) groups is 2. The molecular formula is C18H27N3O4. The number of morpholine rings is 1. The molecule has 1 aromatic rings. The van der Waals surface area contributed by atoms with Gasteiger partial charge in [-0.25, -0.2) is 4.79 Å². The third-order valence-electron chi connectivity index (χ3n) is 4.01. The van der Waals surface area contributed by atoms with Crippen LogP contribution in [0.3, 0.4) is 0 Å². The number of amides is 2. The van der Waals surface area contributed by atoms with Gasteiger partial charge in [0.15, 0.2) is 0 Å². The Labute approximate surface area is 148 Å². The van der Waals surface area contributed by atoms with Gasteiger partial charge >= 0.3 is 6.09 Å². The van der Waals surface area contributed by atoms with Crippen LogP contribution in [0.5, 0.6) is 0 Å². The number of benzene rings is 1. The molecule has 7 nitrogen and oxygen atoms in total. The lowest BCUT2D eigenvalue weighted by atomic mass is 10.0.